The molecule has 20 heavy (non-hydrogen) atoms. The van der Waals surface area contributed by atoms with Crippen molar-refractivity contribution in [3.63, 3.8) is 0 Å². The molecule has 1 aliphatic rings. The standard InChI is InChI=1S/C14H18N2O3S/c1-10(2)15(11-3-4-11)14(17)9-20-13-7-5-12(6-8-13)16(18)19/h5-8,10-11H,3-4,9H2,1-2H3. The monoisotopic (exact) mass is 294 g/mol. The summed E-state index contributed by atoms with van der Waals surface area (Å²) in [6.45, 7) is 4.07. The molecular weight excluding hydrogens is 276 g/mol. The average molecular weight is 294 g/mol. The fraction of sp³-hybridized carbons (Fsp3) is 0.500. The molecule has 1 fully saturated rings. The Bertz CT molecular complexity index is 496. The summed E-state index contributed by atoms with van der Waals surface area (Å²) >= 11 is 1.43. The Morgan fingerprint density at radius 3 is 2.45 bits per heavy atom. The van der Waals surface area contributed by atoms with Gasteiger partial charge in [-0.15, -0.1) is 11.8 Å². The number of thioether (sulfide) groups is 1. The number of benzene rings is 1. The molecule has 0 aromatic heterocycles. The second-order valence-electron chi connectivity index (χ2n) is 5.17. The summed E-state index contributed by atoms with van der Waals surface area (Å²) in [5, 5.41) is 10.6. The van der Waals surface area contributed by atoms with Crippen LogP contribution in [0, 0.1) is 10.1 Å². The van der Waals surface area contributed by atoms with Gasteiger partial charge in [0.1, 0.15) is 0 Å². The fourth-order valence-corrected chi connectivity index (χ4v) is 2.92. The number of hydrogen-bond donors (Lipinski definition) is 0. The normalized spacial score (nSPS) is 14.3. The van der Waals surface area contributed by atoms with Gasteiger partial charge in [0.05, 0.1) is 10.7 Å². The highest BCUT2D eigenvalue weighted by atomic mass is 32.2. The molecule has 0 radical (unpaired) electrons. The zero-order valence-electron chi connectivity index (χ0n) is 11.6. The molecule has 1 amide bonds. The van der Waals surface area contributed by atoms with Crippen LogP contribution < -0.4 is 0 Å². The van der Waals surface area contributed by atoms with E-state index >= 15 is 0 Å². The number of hydrogen-bond acceptors (Lipinski definition) is 4. The number of nitrogens with zero attached hydrogens (tertiary/aromatic N) is 2. The van der Waals surface area contributed by atoms with E-state index in [2.05, 4.69) is 0 Å². The van der Waals surface area contributed by atoms with Crippen LogP contribution in [-0.2, 0) is 4.79 Å². The molecule has 0 unspecified atom stereocenters. The first kappa shape index (κ1) is 14.8. The number of nitro groups is 1. The molecule has 2 rings (SSSR count). The van der Waals surface area contributed by atoms with Crippen molar-refractivity contribution in [2.24, 2.45) is 0 Å². The molecule has 5 nitrogen and oxygen atoms in total. The zero-order valence-corrected chi connectivity index (χ0v) is 12.4. The Labute approximate surface area is 122 Å². The molecule has 0 aliphatic heterocycles. The van der Waals surface area contributed by atoms with Crippen molar-refractivity contribution in [1.29, 1.82) is 0 Å². The second kappa shape index (κ2) is 6.26. The number of amides is 1. The quantitative estimate of drug-likeness (QED) is 0.459. The summed E-state index contributed by atoms with van der Waals surface area (Å²) in [5.74, 6) is 0.526. The largest absolute Gasteiger partial charge is 0.337 e. The molecule has 0 heterocycles. The van der Waals surface area contributed by atoms with Crippen LogP contribution in [0.5, 0.6) is 0 Å². The third kappa shape index (κ3) is 3.72. The third-order valence-corrected chi connectivity index (χ3v) is 4.19. The van der Waals surface area contributed by atoms with Crippen LogP contribution in [-0.4, -0.2) is 33.6 Å². The summed E-state index contributed by atoms with van der Waals surface area (Å²) in [6.07, 6.45) is 2.21. The average Bonchev–Trinajstić information content (AvgIpc) is 3.21. The van der Waals surface area contributed by atoms with Crippen LogP contribution in [0.15, 0.2) is 29.2 Å². The van der Waals surface area contributed by atoms with Gasteiger partial charge in [-0.1, -0.05) is 0 Å². The van der Waals surface area contributed by atoms with Gasteiger partial charge in [-0.25, -0.2) is 0 Å². The van der Waals surface area contributed by atoms with Gasteiger partial charge in [0.25, 0.3) is 5.69 Å². The van der Waals surface area contributed by atoms with Crippen molar-refractivity contribution in [3.05, 3.63) is 34.4 Å². The van der Waals surface area contributed by atoms with Crippen LogP contribution >= 0.6 is 11.8 Å². The van der Waals surface area contributed by atoms with E-state index in [9.17, 15) is 14.9 Å². The van der Waals surface area contributed by atoms with Gasteiger partial charge in [0.15, 0.2) is 0 Å². The lowest BCUT2D eigenvalue weighted by Crippen LogP contribution is -2.39. The number of carbonyl (C=O) groups excluding carboxylic acids is 1. The fourth-order valence-electron chi connectivity index (χ4n) is 2.15. The molecule has 1 aromatic rings. The summed E-state index contributed by atoms with van der Waals surface area (Å²) < 4.78 is 0. The van der Waals surface area contributed by atoms with Crippen LogP contribution in [0.2, 0.25) is 0 Å². The van der Waals surface area contributed by atoms with Crippen LogP contribution in [0.25, 0.3) is 0 Å². The molecule has 1 aliphatic carbocycles. The van der Waals surface area contributed by atoms with E-state index in [1.807, 2.05) is 18.7 Å². The molecular formula is C14H18N2O3S. The van der Waals surface area contributed by atoms with E-state index < -0.39 is 4.92 Å². The third-order valence-electron chi connectivity index (χ3n) is 3.19. The predicted octanol–water partition coefficient (Wildman–Crippen LogP) is 3.09. The summed E-state index contributed by atoms with van der Waals surface area (Å²) in [6, 6.07) is 6.95. The molecule has 0 atom stereocenters. The smallest absolute Gasteiger partial charge is 0.269 e. The van der Waals surface area contributed by atoms with Crippen molar-refractivity contribution < 1.29 is 9.72 Å². The highest BCUT2D eigenvalue weighted by Gasteiger charge is 2.33. The number of carbonyl (C=O) groups is 1. The molecule has 1 saturated carbocycles. The lowest BCUT2D eigenvalue weighted by Gasteiger charge is -2.26. The van der Waals surface area contributed by atoms with Gasteiger partial charge in [-0.3, -0.25) is 14.9 Å². The summed E-state index contributed by atoms with van der Waals surface area (Å²) in [5.41, 5.74) is 0.0717. The lowest BCUT2D eigenvalue weighted by molar-refractivity contribution is -0.384. The minimum Gasteiger partial charge on any atom is -0.337 e. The van der Waals surface area contributed by atoms with Crippen molar-refractivity contribution in [2.45, 2.75) is 43.7 Å². The van der Waals surface area contributed by atoms with Crippen molar-refractivity contribution in [2.75, 3.05) is 5.75 Å². The molecule has 108 valence electrons. The highest BCUT2D eigenvalue weighted by Crippen LogP contribution is 2.30. The van der Waals surface area contributed by atoms with Crippen molar-refractivity contribution >= 4 is 23.4 Å². The highest BCUT2D eigenvalue weighted by molar-refractivity contribution is 8.00. The van der Waals surface area contributed by atoms with Crippen LogP contribution in [0.1, 0.15) is 26.7 Å². The van der Waals surface area contributed by atoms with E-state index in [1.165, 1.54) is 23.9 Å². The Balaban J connectivity index is 1.90. The van der Waals surface area contributed by atoms with E-state index in [1.54, 1.807) is 12.1 Å². The van der Waals surface area contributed by atoms with Gasteiger partial charge < -0.3 is 4.90 Å². The summed E-state index contributed by atoms with van der Waals surface area (Å²) in [7, 11) is 0. The SMILES string of the molecule is CC(C)N(C(=O)CSc1ccc([N+](=O)[O-])cc1)C1CC1. The van der Waals surface area contributed by atoms with E-state index in [-0.39, 0.29) is 17.6 Å². The van der Waals surface area contributed by atoms with Crippen molar-refractivity contribution in [3.8, 4) is 0 Å². The van der Waals surface area contributed by atoms with Gasteiger partial charge in [-0.05, 0) is 38.8 Å². The second-order valence-corrected chi connectivity index (χ2v) is 6.21. The first-order valence-corrected chi connectivity index (χ1v) is 7.66. The van der Waals surface area contributed by atoms with Gasteiger partial charge in [0.2, 0.25) is 5.91 Å². The topological polar surface area (TPSA) is 63.5 Å². The van der Waals surface area contributed by atoms with E-state index in [0.29, 0.717) is 11.8 Å². The minimum atomic E-state index is -0.423. The first-order valence-electron chi connectivity index (χ1n) is 6.67. The van der Waals surface area contributed by atoms with Gasteiger partial charge in [0, 0.05) is 29.1 Å². The Morgan fingerprint density at radius 1 is 1.40 bits per heavy atom. The summed E-state index contributed by atoms with van der Waals surface area (Å²) in [4.78, 5) is 25.2. The van der Waals surface area contributed by atoms with Crippen LogP contribution in [0.4, 0.5) is 5.69 Å². The first-order chi connectivity index (χ1) is 9.49. The Kier molecular flexibility index (Phi) is 4.65. The maximum atomic E-state index is 12.2. The van der Waals surface area contributed by atoms with Gasteiger partial charge >= 0.3 is 0 Å². The zero-order chi connectivity index (χ0) is 14.7. The van der Waals surface area contributed by atoms with Crippen LogP contribution in [0.3, 0.4) is 0 Å². The van der Waals surface area contributed by atoms with E-state index in [0.717, 1.165) is 17.7 Å². The number of nitro benzene ring substituents is 1. The Morgan fingerprint density at radius 2 is 2.00 bits per heavy atom. The number of non-ortho nitro benzene ring substituents is 1. The minimum absolute atomic E-state index is 0.0717. The number of rotatable bonds is 6. The molecule has 0 N–H and O–H groups in total. The van der Waals surface area contributed by atoms with Crippen molar-refractivity contribution in [1.82, 2.24) is 4.90 Å². The van der Waals surface area contributed by atoms with E-state index in [4.69, 9.17) is 0 Å². The Hall–Kier alpha value is -1.56. The maximum absolute atomic E-state index is 12.2. The maximum Gasteiger partial charge on any atom is 0.269 e. The molecule has 0 spiro atoms. The lowest BCUT2D eigenvalue weighted by atomic mass is 10.3. The molecule has 0 bridgehead atoms. The predicted molar refractivity (Wildman–Crippen MR) is 78.8 cm³/mol. The molecule has 6 heteroatoms. The van der Waals surface area contributed by atoms with Gasteiger partial charge in [-0.2, -0.15) is 0 Å². The molecule has 0 saturated heterocycles. The molecule has 1 aromatic carbocycles.